The Labute approximate surface area is 130 Å². The van der Waals surface area contributed by atoms with Crippen molar-refractivity contribution in [1.82, 2.24) is 5.32 Å². The van der Waals surface area contributed by atoms with Gasteiger partial charge in [0.25, 0.3) is 5.91 Å². The second-order valence-electron chi connectivity index (χ2n) is 4.94. The van der Waals surface area contributed by atoms with Gasteiger partial charge in [-0.3, -0.25) is 9.59 Å². The smallest absolute Gasteiger partial charge is 0.409 e. The third-order valence-corrected chi connectivity index (χ3v) is 2.68. The van der Waals surface area contributed by atoms with Gasteiger partial charge in [-0.05, 0) is 36.8 Å². The van der Waals surface area contributed by atoms with Crippen molar-refractivity contribution in [1.29, 1.82) is 0 Å². The molecule has 0 bridgehead atoms. The number of nitrogens with one attached hydrogen (secondary N) is 1. The van der Waals surface area contributed by atoms with Gasteiger partial charge in [-0.15, -0.1) is 0 Å². The predicted molar refractivity (Wildman–Crippen MR) is 76.3 cm³/mol. The Morgan fingerprint density at radius 3 is 2.30 bits per heavy atom. The molecule has 1 aromatic rings. The molecule has 1 amide bonds. The second kappa shape index (κ2) is 7.66. The van der Waals surface area contributed by atoms with Crippen LogP contribution in [0.2, 0.25) is 0 Å². The molecule has 0 saturated carbocycles. The van der Waals surface area contributed by atoms with E-state index >= 15 is 0 Å². The molecule has 1 atom stereocenters. The van der Waals surface area contributed by atoms with E-state index in [9.17, 15) is 22.8 Å². The van der Waals surface area contributed by atoms with Gasteiger partial charge >= 0.3 is 12.1 Å². The average molecular weight is 331 g/mol. The summed E-state index contributed by atoms with van der Waals surface area (Å²) in [5.74, 6) is -2.24. The molecule has 1 rings (SSSR count). The van der Waals surface area contributed by atoms with Crippen LogP contribution in [-0.4, -0.2) is 35.8 Å². The van der Waals surface area contributed by atoms with Crippen molar-refractivity contribution in [3.8, 4) is 5.75 Å². The summed E-state index contributed by atoms with van der Waals surface area (Å²) in [6.07, 6.45) is -6.09. The van der Waals surface area contributed by atoms with Crippen LogP contribution in [0.15, 0.2) is 36.4 Å². The summed E-state index contributed by atoms with van der Waals surface area (Å²) in [5, 5.41) is 10.2. The van der Waals surface area contributed by atoms with Gasteiger partial charge in [0.15, 0.2) is 0 Å². The van der Waals surface area contributed by atoms with Crippen LogP contribution >= 0.6 is 0 Å². The molecule has 2 N–H and O–H groups in total. The Morgan fingerprint density at radius 1 is 1.30 bits per heavy atom. The summed E-state index contributed by atoms with van der Waals surface area (Å²) in [6.45, 7) is 5.70. The molecule has 0 aliphatic heterocycles. The summed E-state index contributed by atoms with van der Waals surface area (Å²) in [6, 6.07) is 2.98. The zero-order valence-electron chi connectivity index (χ0n) is 12.3. The zero-order chi connectivity index (χ0) is 17.6. The number of hydrogen-bond donors (Lipinski definition) is 2. The molecule has 5 nitrogen and oxygen atoms in total. The van der Waals surface area contributed by atoms with Gasteiger partial charge in [-0.1, -0.05) is 6.58 Å². The van der Waals surface area contributed by atoms with E-state index in [1.807, 2.05) is 0 Å². The normalized spacial score (nSPS) is 12.3. The first-order valence-corrected chi connectivity index (χ1v) is 6.56. The topological polar surface area (TPSA) is 75.6 Å². The minimum absolute atomic E-state index is 0.0349. The summed E-state index contributed by atoms with van der Waals surface area (Å²) in [4.78, 5) is 22.3. The van der Waals surface area contributed by atoms with E-state index in [4.69, 9.17) is 9.84 Å². The van der Waals surface area contributed by atoms with E-state index in [-0.39, 0.29) is 12.2 Å². The highest BCUT2D eigenvalue weighted by atomic mass is 19.4. The monoisotopic (exact) mass is 331 g/mol. The first-order valence-electron chi connectivity index (χ1n) is 6.56. The summed E-state index contributed by atoms with van der Waals surface area (Å²) < 4.78 is 43.4. The van der Waals surface area contributed by atoms with Crippen molar-refractivity contribution in [3.05, 3.63) is 42.0 Å². The molecule has 23 heavy (non-hydrogen) atoms. The highest BCUT2D eigenvalue weighted by Crippen LogP contribution is 2.23. The van der Waals surface area contributed by atoms with Gasteiger partial charge in [0.2, 0.25) is 0 Å². The Balaban J connectivity index is 2.75. The van der Waals surface area contributed by atoms with E-state index in [1.54, 1.807) is 12.2 Å². The lowest BCUT2D eigenvalue weighted by atomic mass is 10.1. The number of amides is 1. The molecule has 1 aromatic carbocycles. The van der Waals surface area contributed by atoms with E-state index in [0.717, 1.165) is 5.57 Å². The van der Waals surface area contributed by atoms with Crippen molar-refractivity contribution in [2.45, 2.75) is 25.6 Å². The van der Waals surface area contributed by atoms with Crippen LogP contribution in [0.25, 0.3) is 0 Å². The van der Waals surface area contributed by atoms with Crippen molar-refractivity contribution >= 4 is 11.9 Å². The summed E-state index contributed by atoms with van der Waals surface area (Å²) in [7, 11) is 0. The van der Waals surface area contributed by atoms with Gasteiger partial charge in [-0.2, -0.15) is 13.2 Å². The second-order valence-corrected chi connectivity index (χ2v) is 4.94. The summed E-state index contributed by atoms with van der Waals surface area (Å²) >= 11 is 0. The number of carboxylic acid groups (broad SMARTS) is 1. The van der Waals surface area contributed by atoms with Gasteiger partial charge in [0, 0.05) is 5.56 Å². The molecule has 126 valence electrons. The lowest BCUT2D eigenvalue weighted by Gasteiger charge is -2.20. The predicted octanol–water partition coefficient (Wildman–Crippen LogP) is 2.78. The van der Waals surface area contributed by atoms with Crippen LogP contribution in [0, 0.1) is 0 Å². The van der Waals surface area contributed by atoms with E-state index in [2.05, 4.69) is 6.58 Å². The van der Waals surface area contributed by atoms with Crippen LogP contribution < -0.4 is 10.1 Å². The highest BCUT2D eigenvalue weighted by Gasteiger charge is 2.42. The molecule has 0 radical (unpaired) electrons. The molecule has 0 spiro atoms. The van der Waals surface area contributed by atoms with Crippen LogP contribution in [0.1, 0.15) is 23.7 Å². The van der Waals surface area contributed by atoms with Crippen molar-refractivity contribution in [3.63, 3.8) is 0 Å². The van der Waals surface area contributed by atoms with Crippen LogP contribution in [0.3, 0.4) is 0 Å². The maximum absolute atomic E-state index is 12.7. The molecular formula is C15H16F3NO4. The number of halogens is 3. The maximum Gasteiger partial charge on any atom is 0.409 e. The minimum Gasteiger partial charge on any atom is -0.489 e. The van der Waals surface area contributed by atoms with Crippen LogP contribution in [0.4, 0.5) is 13.2 Å². The van der Waals surface area contributed by atoms with Crippen LogP contribution in [0.5, 0.6) is 5.75 Å². The van der Waals surface area contributed by atoms with Gasteiger partial charge in [0.1, 0.15) is 18.4 Å². The molecule has 0 aliphatic carbocycles. The van der Waals surface area contributed by atoms with Crippen molar-refractivity contribution < 1.29 is 32.6 Å². The zero-order valence-corrected chi connectivity index (χ0v) is 12.3. The highest BCUT2D eigenvalue weighted by molar-refractivity contribution is 5.94. The summed E-state index contributed by atoms with van der Waals surface area (Å²) in [5.41, 5.74) is 0.751. The molecule has 1 unspecified atom stereocenters. The average Bonchev–Trinajstić information content (AvgIpc) is 2.43. The van der Waals surface area contributed by atoms with E-state index in [0.29, 0.717) is 5.75 Å². The first kappa shape index (κ1) is 18.5. The molecule has 0 saturated heterocycles. The number of carbonyl (C=O) groups is 2. The standard InChI is InChI=1S/C15H16F3NO4/c1-9(2)8-23-11-5-3-10(4-6-11)14(22)19-12(7-13(20)21)15(16,17)18/h3-6,12H,1,7-8H2,2H3,(H,19,22)(H,20,21). The number of aliphatic carboxylic acids is 1. The number of hydrogen-bond acceptors (Lipinski definition) is 3. The molecule has 0 aromatic heterocycles. The number of alkyl halides is 3. The Hall–Kier alpha value is -2.51. The third kappa shape index (κ3) is 6.41. The van der Waals surface area contributed by atoms with Gasteiger partial charge in [-0.25, -0.2) is 0 Å². The SMILES string of the molecule is C=C(C)COc1ccc(C(=O)NC(CC(=O)O)C(F)(F)F)cc1. The minimum atomic E-state index is -4.85. The Morgan fingerprint density at radius 2 is 1.87 bits per heavy atom. The lowest BCUT2D eigenvalue weighted by Crippen LogP contribution is -2.46. The Kier molecular flexibility index (Phi) is 6.18. The quantitative estimate of drug-likeness (QED) is 0.753. The third-order valence-electron chi connectivity index (χ3n) is 2.68. The molecular weight excluding hydrogens is 315 g/mol. The fourth-order valence-electron chi connectivity index (χ4n) is 1.57. The maximum atomic E-state index is 12.7. The van der Waals surface area contributed by atoms with E-state index < -0.39 is 30.5 Å². The largest absolute Gasteiger partial charge is 0.489 e. The van der Waals surface area contributed by atoms with Crippen molar-refractivity contribution in [2.24, 2.45) is 0 Å². The molecule has 0 heterocycles. The number of carbonyl (C=O) groups excluding carboxylic acids is 1. The molecule has 0 aliphatic rings. The lowest BCUT2D eigenvalue weighted by molar-refractivity contribution is -0.165. The molecule has 8 heteroatoms. The van der Waals surface area contributed by atoms with Crippen LogP contribution in [-0.2, 0) is 4.79 Å². The number of benzene rings is 1. The molecule has 0 fully saturated rings. The fourth-order valence-corrected chi connectivity index (χ4v) is 1.57. The van der Waals surface area contributed by atoms with E-state index in [1.165, 1.54) is 24.3 Å². The number of carboxylic acids is 1. The number of ether oxygens (including phenoxy) is 1. The fraction of sp³-hybridized carbons (Fsp3) is 0.333. The Bertz CT molecular complexity index is 581. The first-order chi connectivity index (χ1) is 10.6. The van der Waals surface area contributed by atoms with Crippen molar-refractivity contribution in [2.75, 3.05) is 6.61 Å². The number of rotatable bonds is 7. The van der Waals surface area contributed by atoms with Gasteiger partial charge in [0.05, 0.1) is 6.42 Å². The van der Waals surface area contributed by atoms with Gasteiger partial charge < -0.3 is 15.2 Å².